The average molecular weight is 228 g/mol. The number of hydrogen-bond acceptors (Lipinski definition) is 2. The molecule has 84 valence electrons. The third kappa shape index (κ3) is 2.51. The van der Waals surface area contributed by atoms with Crippen LogP contribution in [0.1, 0.15) is 25.0 Å². The first-order valence-corrected chi connectivity index (χ1v) is 5.40. The van der Waals surface area contributed by atoms with Crippen LogP contribution in [0.5, 0.6) is 0 Å². The van der Waals surface area contributed by atoms with E-state index in [0.717, 1.165) is 16.1 Å². The van der Waals surface area contributed by atoms with Gasteiger partial charge in [0.05, 0.1) is 6.61 Å². The summed E-state index contributed by atoms with van der Waals surface area (Å²) in [5, 5.41) is 9.85. The fourth-order valence-corrected chi connectivity index (χ4v) is 2.00. The van der Waals surface area contributed by atoms with Gasteiger partial charge in [0, 0.05) is 16.5 Å². The maximum Gasteiger partial charge on any atom is 0.0591 e. The van der Waals surface area contributed by atoms with Crippen molar-refractivity contribution in [3.05, 3.63) is 34.3 Å². The van der Waals surface area contributed by atoms with Gasteiger partial charge in [0.1, 0.15) is 0 Å². The quantitative estimate of drug-likeness (QED) is 0.832. The molecule has 0 heterocycles. The van der Waals surface area contributed by atoms with Crippen LogP contribution in [-0.4, -0.2) is 17.8 Å². The summed E-state index contributed by atoms with van der Waals surface area (Å²) in [5.74, 6) is 0. The number of hydrogen-bond donors (Lipinski definition) is 2. The summed E-state index contributed by atoms with van der Waals surface area (Å²) in [5.41, 5.74) is 7.90. The Labute approximate surface area is 96.1 Å². The molecular formula is C12H18ClNO. The molecule has 0 bridgehead atoms. The van der Waals surface area contributed by atoms with Gasteiger partial charge in [0.2, 0.25) is 0 Å². The summed E-state index contributed by atoms with van der Waals surface area (Å²) in [4.78, 5) is 0. The highest BCUT2D eigenvalue weighted by Crippen LogP contribution is 2.30. The molecule has 0 spiro atoms. The maximum absolute atomic E-state index is 9.13. The second-order valence-corrected chi connectivity index (χ2v) is 4.91. The fourth-order valence-electron chi connectivity index (χ4n) is 1.78. The number of benzene rings is 1. The number of aliphatic hydroxyl groups excluding tert-OH is 1. The van der Waals surface area contributed by atoms with Crippen LogP contribution in [0.15, 0.2) is 18.2 Å². The van der Waals surface area contributed by atoms with Gasteiger partial charge in [-0.05, 0) is 30.2 Å². The third-order valence-electron chi connectivity index (χ3n) is 3.01. The maximum atomic E-state index is 9.13. The number of aryl methyl sites for hydroxylation is 1. The predicted octanol–water partition coefficient (Wildman–Crippen LogP) is 2.25. The Morgan fingerprint density at radius 1 is 1.47 bits per heavy atom. The molecule has 1 unspecified atom stereocenters. The summed E-state index contributed by atoms with van der Waals surface area (Å²) in [7, 11) is 0. The highest BCUT2D eigenvalue weighted by atomic mass is 35.5. The first kappa shape index (κ1) is 12.5. The van der Waals surface area contributed by atoms with E-state index in [2.05, 4.69) is 0 Å². The molecule has 0 aliphatic carbocycles. The van der Waals surface area contributed by atoms with Gasteiger partial charge < -0.3 is 10.8 Å². The average Bonchev–Trinajstić information content (AvgIpc) is 2.15. The zero-order chi connectivity index (χ0) is 11.6. The van der Waals surface area contributed by atoms with E-state index >= 15 is 0 Å². The van der Waals surface area contributed by atoms with Crippen molar-refractivity contribution < 1.29 is 5.11 Å². The minimum Gasteiger partial charge on any atom is -0.395 e. The van der Waals surface area contributed by atoms with Crippen molar-refractivity contribution in [1.29, 1.82) is 0 Å². The second kappa shape index (κ2) is 4.52. The lowest BCUT2D eigenvalue weighted by Crippen LogP contribution is -2.43. The molecule has 15 heavy (non-hydrogen) atoms. The molecule has 0 aromatic heterocycles. The normalized spacial score (nSPS) is 14.0. The van der Waals surface area contributed by atoms with Crippen LogP contribution in [0.25, 0.3) is 0 Å². The van der Waals surface area contributed by atoms with Crippen LogP contribution < -0.4 is 5.73 Å². The summed E-state index contributed by atoms with van der Waals surface area (Å²) in [6, 6.07) is 5.49. The molecule has 0 radical (unpaired) electrons. The summed E-state index contributed by atoms with van der Waals surface area (Å²) in [6.07, 6.45) is 0. The van der Waals surface area contributed by atoms with Crippen molar-refractivity contribution in [2.75, 3.05) is 6.61 Å². The smallest absolute Gasteiger partial charge is 0.0591 e. The summed E-state index contributed by atoms with van der Waals surface area (Å²) < 4.78 is 0. The monoisotopic (exact) mass is 227 g/mol. The minimum absolute atomic E-state index is 0.0188. The van der Waals surface area contributed by atoms with E-state index < -0.39 is 0 Å². The molecule has 0 aliphatic heterocycles. The van der Waals surface area contributed by atoms with Crippen molar-refractivity contribution in [3.8, 4) is 0 Å². The Morgan fingerprint density at radius 3 is 2.53 bits per heavy atom. The zero-order valence-corrected chi connectivity index (χ0v) is 10.2. The van der Waals surface area contributed by atoms with E-state index in [1.807, 2.05) is 39.0 Å². The van der Waals surface area contributed by atoms with Crippen LogP contribution >= 0.6 is 11.6 Å². The Hall–Kier alpha value is -0.570. The molecule has 0 amide bonds. The van der Waals surface area contributed by atoms with Gasteiger partial charge >= 0.3 is 0 Å². The molecule has 3 N–H and O–H groups in total. The number of nitrogens with two attached hydrogens (primary N) is 1. The fraction of sp³-hybridized carbons (Fsp3) is 0.500. The Morgan fingerprint density at radius 2 is 2.07 bits per heavy atom. The van der Waals surface area contributed by atoms with Crippen LogP contribution in [-0.2, 0) is 5.41 Å². The number of aliphatic hydroxyl groups is 1. The lowest BCUT2D eigenvalue weighted by Gasteiger charge is -2.32. The molecule has 1 rings (SSSR count). The van der Waals surface area contributed by atoms with Crippen molar-refractivity contribution in [2.24, 2.45) is 5.73 Å². The first-order chi connectivity index (χ1) is 6.89. The SMILES string of the molecule is Cc1cc(Cl)ccc1C(C)(C)C(N)CO. The van der Waals surface area contributed by atoms with Gasteiger partial charge in [-0.3, -0.25) is 0 Å². The van der Waals surface area contributed by atoms with Gasteiger partial charge in [-0.15, -0.1) is 0 Å². The summed E-state index contributed by atoms with van der Waals surface area (Å²) in [6.45, 7) is 6.05. The van der Waals surface area contributed by atoms with Crippen molar-refractivity contribution >= 4 is 11.6 Å². The second-order valence-electron chi connectivity index (χ2n) is 4.47. The van der Waals surface area contributed by atoms with E-state index in [-0.39, 0.29) is 18.1 Å². The van der Waals surface area contributed by atoms with Crippen LogP contribution in [0.2, 0.25) is 5.02 Å². The van der Waals surface area contributed by atoms with E-state index in [0.29, 0.717) is 0 Å². The van der Waals surface area contributed by atoms with Crippen molar-refractivity contribution in [3.63, 3.8) is 0 Å². The Bertz CT molecular complexity index is 349. The van der Waals surface area contributed by atoms with Gasteiger partial charge in [0.25, 0.3) is 0 Å². The minimum atomic E-state index is -0.266. The molecule has 2 nitrogen and oxygen atoms in total. The Balaban J connectivity index is 3.15. The van der Waals surface area contributed by atoms with Crippen LogP contribution in [0.3, 0.4) is 0 Å². The third-order valence-corrected chi connectivity index (χ3v) is 3.24. The van der Waals surface area contributed by atoms with Gasteiger partial charge in [0.15, 0.2) is 0 Å². The molecule has 0 aliphatic rings. The lowest BCUT2D eigenvalue weighted by atomic mass is 9.76. The van der Waals surface area contributed by atoms with E-state index in [9.17, 15) is 0 Å². The highest BCUT2D eigenvalue weighted by Gasteiger charge is 2.29. The lowest BCUT2D eigenvalue weighted by molar-refractivity contribution is 0.219. The largest absolute Gasteiger partial charge is 0.395 e. The summed E-state index contributed by atoms with van der Waals surface area (Å²) >= 11 is 5.90. The number of halogens is 1. The topological polar surface area (TPSA) is 46.2 Å². The molecule has 0 saturated heterocycles. The molecule has 1 aromatic rings. The molecule has 0 fully saturated rings. The van der Waals surface area contributed by atoms with E-state index in [4.69, 9.17) is 22.4 Å². The zero-order valence-electron chi connectivity index (χ0n) is 9.42. The van der Waals surface area contributed by atoms with Gasteiger partial charge in [-0.2, -0.15) is 0 Å². The Kier molecular flexibility index (Phi) is 3.77. The molecule has 3 heteroatoms. The standard InChI is InChI=1S/C12H18ClNO/c1-8-6-9(13)4-5-10(8)12(2,3)11(14)7-15/h4-6,11,15H,7,14H2,1-3H3. The van der Waals surface area contributed by atoms with Crippen LogP contribution in [0, 0.1) is 6.92 Å². The number of rotatable bonds is 3. The predicted molar refractivity (Wildman–Crippen MR) is 64.3 cm³/mol. The molecule has 1 aromatic carbocycles. The van der Waals surface area contributed by atoms with Gasteiger partial charge in [-0.1, -0.05) is 31.5 Å². The van der Waals surface area contributed by atoms with E-state index in [1.54, 1.807) is 0 Å². The highest BCUT2D eigenvalue weighted by molar-refractivity contribution is 6.30. The van der Waals surface area contributed by atoms with Crippen molar-refractivity contribution in [2.45, 2.75) is 32.2 Å². The van der Waals surface area contributed by atoms with Crippen LogP contribution in [0.4, 0.5) is 0 Å². The van der Waals surface area contributed by atoms with Crippen molar-refractivity contribution in [1.82, 2.24) is 0 Å². The molecule has 1 atom stereocenters. The molecular weight excluding hydrogens is 210 g/mol. The first-order valence-electron chi connectivity index (χ1n) is 5.02. The molecule has 0 saturated carbocycles. The van der Waals surface area contributed by atoms with E-state index in [1.165, 1.54) is 0 Å². The van der Waals surface area contributed by atoms with Gasteiger partial charge in [-0.25, -0.2) is 0 Å².